The fourth-order valence-electron chi connectivity index (χ4n) is 6.14. The summed E-state index contributed by atoms with van der Waals surface area (Å²) in [6.07, 6.45) is 3.08. The predicted octanol–water partition coefficient (Wildman–Crippen LogP) is 3.89. The quantitative estimate of drug-likeness (QED) is 0.336. The van der Waals surface area contributed by atoms with Crippen molar-refractivity contribution in [1.82, 2.24) is 9.88 Å². The van der Waals surface area contributed by atoms with Gasteiger partial charge < -0.3 is 30.3 Å². The molecule has 0 unspecified atom stereocenters. The lowest BCUT2D eigenvalue weighted by Crippen LogP contribution is -2.55. The summed E-state index contributed by atoms with van der Waals surface area (Å²) in [7, 11) is 1.66. The van der Waals surface area contributed by atoms with Gasteiger partial charge in [0.1, 0.15) is 11.7 Å². The smallest absolute Gasteiger partial charge is 0.226 e. The summed E-state index contributed by atoms with van der Waals surface area (Å²) in [5.41, 5.74) is 7.57. The Morgan fingerprint density at radius 2 is 2.05 bits per heavy atom. The normalized spacial score (nSPS) is 24.8. The van der Waals surface area contributed by atoms with E-state index >= 15 is 0 Å². The number of unbranched alkanes of at least 4 members (excludes halogenated alkanes) is 1. The van der Waals surface area contributed by atoms with E-state index in [4.69, 9.17) is 26.8 Å². The Morgan fingerprint density at radius 3 is 2.83 bits per heavy atom. The lowest BCUT2D eigenvalue weighted by atomic mass is 9.79. The number of aliphatic hydroxyl groups is 2. The number of pyridine rings is 1. The molecular formula is C31H38ClN3O5. The zero-order valence-electron chi connectivity index (χ0n) is 22.8. The number of halogens is 1. The van der Waals surface area contributed by atoms with Gasteiger partial charge in [-0.25, -0.2) is 0 Å². The van der Waals surface area contributed by atoms with Crippen LogP contribution in [0, 0.1) is 5.92 Å². The van der Waals surface area contributed by atoms with Gasteiger partial charge in [-0.15, -0.1) is 0 Å². The highest BCUT2D eigenvalue weighted by Crippen LogP contribution is 2.43. The second kappa shape index (κ2) is 12.5. The minimum absolute atomic E-state index is 0.0490. The van der Waals surface area contributed by atoms with Crippen LogP contribution in [0.25, 0.3) is 22.0 Å². The second-order valence-corrected chi connectivity index (χ2v) is 11.4. The van der Waals surface area contributed by atoms with E-state index in [1.165, 1.54) is 0 Å². The van der Waals surface area contributed by atoms with E-state index in [2.05, 4.69) is 4.98 Å². The number of morpholine rings is 1. The highest BCUT2D eigenvalue weighted by molar-refractivity contribution is 6.33. The first-order valence-corrected chi connectivity index (χ1v) is 14.4. The zero-order chi connectivity index (χ0) is 28.3. The molecule has 1 aliphatic heterocycles. The van der Waals surface area contributed by atoms with Gasteiger partial charge in [0.2, 0.25) is 5.91 Å². The van der Waals surface area contributed by atoms with Crippen molar-refractivity contribution in [3.05, 3.63) is 65.3 Å². The topological polar surface area (TPSA) is 118 Å². The third-order valence-corrected chi connectivity index (χ3v) is 8.67. The van der Waals surface area contributed by atoms with E-state index in [-0.39, 0.29) is 18.4 Å². The number of nitrogens with zero attached hydrogens (tertiary/aromatic N) is 2. The van der Waals surface area contributed by atoms with Gasteiger partial charge in [0.15, 0.2) is 0 Å². The molecule has 0 spiro atoms. The van der Waals surface area contributed by atoms with Crippen LogP contribution in [0.1, 0.15) is 37.7 Å². The van der Waals surface area contributed by atoms with Crippen molar-refractivity contribution in [2.24, 2.45) is 11.7 Å². The number of amides is 1. The van der Waals surface area contributed by atoms with Crippen LogP contribution < -0.4 is 5.73 Å². The third kappa shape index (κ3) is 5.88. The average Bonchev–Trinajstić information content (AvgIpc) is 3.32. The first-order valence-electron chi connectivity index (χ1n) is 14.0. The molecule has 1 saturated heterocycles. The summed E-state index contributed by atoms with van der Waals surface area (Å²) in [6.45, 7) is 1.52. The molecule has 5 atom stereocenters. The van der Waals surface area contributed by atoms with Gasteiger partial charge >= 0.3 is 0 Å². The number of ether oxygens (including phenoxy) is 2. The largest absolute Gasteiger partial charge is 0.391 e. The summed E-state index contributed by atoms with van der Waals surface area (Å²) in [6, 6.07) is 15.0. The third-order valence-electron chi connectivity index (χ3n) is 8.35. The van der Waals surface area contributed by atoms with Crippen molar-refractivity contribution in [3.8, 4) is 11.1 Å². The highest BCUT2D eigenvalue weighted by Gasteiger charge is 2.45. The van der Waals surface area contributed by atoms with E-state index in [1.54, 1.807) is 18.2 Å². The summed E-state index contributed by atoms with van der Waals surface area (Å²) in [5, 5.41) is 24.2. The number of hydrogen-bond donors (Lipinski definition) is 3. The molecule has 214 valence electrons. The summed E-state index contributed by atoms with van der Waals surface area (Å²) >= 11 is 6.84. The monoisotopic (exact) mass is 567 g/mol. The van der Waals surface area contributed by atoms with Gasteiger partial charge in [-0.05, 0) is 55.9 Å². The number of aromatic nitrogens is 1. The molecule has 1 aliphatic carbocycles. The van der Waals surface area contributed by atoms with Crippen LogP contribution >= 0.6 is 11.6 Å². The van der Waals surface area contributed by atoms with Gasteiger partial charge in [0, 0.05) is 60.0 Å². The molecule has 8 nitrogen and oxygen atoms in total. The highest BCUT2D eigenvalue weighted by atomic mass is 35.5. The first kappa shape index (κ1) is 28.9. The molecule has 4 N–H and O–H groups in total. The second-order valence-electron chi connectivity index (χ2n) is 11.0. The predicted molar refractivity (Wildman–Crippen MR) is 155 cm³/mol. The summed E-state index contributed by atoms with van der Waals surface area (Å²) in [5.74, 6) is -0.379. The standard InChI is InChI=1S/C31H38ClN3O5/c1-39-13-5-4-11-31(38,28-19-35(12-14-40-28)30(37)21-16-25(33)27(36)17-21)23-8-6-9-24(32)29(23)22-15-20-7-2-3-10-26(20)34-18-22/h2-3,6-10,15,18,21,25,27-28,36,38H,4-5,11-14,16-17,19,33H2,1H3/t21-,25+,27-,28+,31-/m0/s1. The van der Waals surface area contributed by atoms with Crippen LogP contribution in [0.15, 0.2) is 54.7 Å². The zero-order valence-corrected chi connectivity index (χ0v) is 23.6. The minimum atomic E-state index is -1.44. The Morgan fingerprint density at radius 1 is 1.23 bits per heavy atom. The van der Waals surface area contributed by atoms with Crippen molar-refractivity contribution in [2.45, 2.75) is 56.0 Å². The van der Waals surface area contributed by atoms with E-state index in [0.29, 0.717) is 61.6 Å². The van der Waals surface area contributed by atoms with Gasteiger partial charge in [0.05, 0.1) is 24.8 Å². The molecule has 2 aliphatic rings. The summed E-state index contributed by atoms with van der Waals surface area (Å²) in [4.78, 5) is 19.8. The van der Waals surface area contributed by atoms with E-state index in [1.807, 2.05) is 48.5 Å². The number of carbonyl (C=O) groups excluding carboxylic acids is 1. The SMILES string of the molecule is COCCCC[C@](O)(c1cccc(Cl)c1-c1cnc2ccccc2c1)[C@H]1CN(C(=O)[C@H]2C[C@@H](N)[C@@H](O)C2)CCO1. The van der Waals surface area contributed by atoms with E-state index in [0.717, 1.165) is 22.9 Å². The lowest BCUT2D eigenvalue weighted by molar-refractivity contribution is -0.167. The molecule has 3 aromatic rings. The minimum Gasteiger partial charge on any atom is -0.391 e. The maximum Gasteiger partial charge on any atom is 0.226 e. The Balaban J connectivity index is 1.51. The molecular weight excluding hydrogens is 530 g/mol. The molecule has 5 rings (SSSR count). The first-order chi connectivity index (χ1) is 19.3. The van der Waals surface area contributed by atoms with Gasteiger partial charge in [-0.2, -0.15) is 0 Å². The molecule has 1 saturated carbocycles. The molecule has 2 heterocycles. The van der Waals surface area contributed by atoms with Crippen molar-refractivity contribution in [2.75, 3.05) is 33.4 Å². The summed E-state index contributed by atoms with van der Waals surface area (Å²) < 4.78 is 11.5. The van der Waals surface area contributed by atoms with Gasteiger partial charge in [0.25, 0.3) is 0 Å². The fraction of sp³-hybridized carbons (Fsp3) is 0.484. The van der Waals surface area contributed by atoms with Crippen molar-refractivity contribution < 1.29 is 24.5 Å². The van der Waals surface area contributed by atoms with Crippen LogP contribution in [0.4, 0.5) is 0 Å². The number of fused-ring (bicyclic) bond motifs is 1. The van der Waals surface area contributed by atoms with Crippen LogP contribution in [-0.2, 0) is 19.9 Å². The number of nitrogens with two attached hydrogens (primary N) is 1. The Labute approximate surface area is 240 Å². The van der Waals surface area contributed by atoms with Crippen LogP contribution in [0.5, 0.6) is 0 Å². The molecule has 9 heteroatoms. The number of methoxy groups -OCH3 is 1. The lowest BCUT2D eigenvalue weighted by Gasteiger charge is -2.44. The molecule has 0 radical (unpaired) electrons. The molecule has 1 amide bonds. The maximum atomic E-state index is 13.4. The fourth-order valence-corrected chi connectivity index (χ4v) is 6.43. The van der Waals surface area contributed by atoms with Crippen LogP contribution in [-0.4, -0.2) is 77.7 Å². The Bertz CT molecular complexity index is 1330. The van der Waals surface area contributed by atoms with Gasteiger partial charge in [-0.1, -0.05) is 41.9 Å². The van der Waals surface area contributed by atoms with E-state index in [9.17, 15) is 15.0 Å². The van der Waals surface area contributed by atoms with Crippen LogP contribution in [0.3, 0.4) is 0 Å². The van der Waals surface area contributed by atoms with Gasteiger partial charge in [-0.3, -0.25) is 9.78 Å². The van der Waals surface area contributed by atoms with Crippen molar-refractivity contribution in [3.63, 3.8) is 0 Å². The molecule has 2 aromatic carbocycles. The maximum absolute atomic E-state index is 13.4. The average molecular weight is 568 g/mol. The number of hydrogen-bond acceptors (Lipinski definition) is 7. The number of rotatable bonds is 9. The molecule has 0 bridgehead atoms. The van der Waals surface area contributed by atoms with Crippen LogP contribution in [0.2, 0.25) is 5.02 Å². The molecule has 1 aromatic heterocycles. The van der Waals surface area contributed by atoms with E-state index < -0.39 is 23.9 Å². The number of para-hydroxylation sites is 1. The molecule has 40 heavy (non-hydrogen) atoms. The Hall–Kier alpha value is -2.59. The molecule has 2 fully saturated rings. The Kier molecular flexibility index (Phi) is 9.05. The number of aliphatic hydroxyl groups excluding tert-OH is 1. The number of benzene rings is 2. The number of carbonyl (C=O) groups is 1. The van der Waals surface area contributed by atoms with Crippen molar-refractivity contribution >= 4 is 28.4 Å². The van der Waals surface area contributed by atoms with Crippen molar-refractivity contribution in [1.29, 1.82) is 0 Å².